The molecule has 7 rings (SSSR count). The standard InChI is InChI=1S/C27H27NO3/c1-14(2)18-9-4-15(3)12-23(18)31-17-7-5-16(6-8-17)28-26(29)24-19-10-11-20(22-13-21(19)22)25(24)27(28)30/h4-12,14,19-22,24-25H,13H2,1-3H3/t19-,20-,21-,22+,24-,25+/m0/s1. The van der Waals surface area contributed by atoms with Gasteiger partial charge in [0.25, 0.3) is 0 Å². The molecule has 4 heteroatoms. The molecular formula is C27H27NO3. The summed E-state index contributed by atoms with van der Waals surface area (Å²) < 4.78 is 6.18. The summed E-state index contributed by atoms with van der Waals surface area (Å²) in [7, 11) is 0. The van der Waals surface area contributed by atoms with E-state index in [1.54, 1.807) is 0 Å². The van der Waals surface area contributed by atoms with Gasteiger partial charge in [-0.1, -0.05) is 38.1 Å². The van der Waals surface area contributed by atoms with Crippen LogP contribution in [0.25, 0.3) is 0 Å². The van der Waals surface area contributed by atoms with Crippen LogP contribution < -0.4 is 9.64 Å². The SMILES string of the molecule is Cc1ccc(C(C)C)c(Oc2ccc(N3C(=O)[C@@H]4[C@H]5C=C[C@@H]([C@@H]6C[C@H]56)[C@@H]4C3=O)cc2)c1. The fourth-order valence-electron chi connectivity index (χ4n) is 6.21. The van der Waals surface area contributed by atoms with E-state index in [0.29, 0.717) is 29.2 Å². The van der Waals surface area contributed by atoms with Crippen LogP contribution in [0.5, 0.6) is 11.5 Å². The first-order valence-corrected chi connectivity index (χ1v) is 11.4. The third kappa shape index (κ3) is 2.73. The molecule has 4 nitrogen and oxygen atoms in total. The summed E-state index contributed by atoms with van der Waals surface area (Å²) >= 11 is 0. The highest BCUT2D eigenvalue weighted by Crippen LogP contribution is 2.65. The van der Waals surface area contributed by atoms with Gasteiger partial charge in [0.15, 0.2) is 0 Å². The van der Waals surface area contributed by atoms with Crippen LogP contribution in [-0.2, 0) is 9.59 Å². The highest BCUT2D eigenvalue weighted by Gasteiger charge is 2.67. The second kappa shape index (κ2) is 6.56. The zero-order valence-electron chi connectivity index (χ0n) is 18.1. The van der Waals surface area contributed by atoms with E-state index >= 15 is 0 Å². The summed E-state index contributed by atoms with van der Waals surface area (Å²) in [6, 6.07) is 13.6. The number of carbonyl (C=O) groups is 2. The van der Waals surface area contributed by atoms with Gasteiger partial charge in [-0.05, 0) is 84.4 Å². The molecule has 2 aromatic rings. The Morgan fingerprint density at radius 1 is 0.903 bits per heavy atom. The van der Waals surface area contributed by atoms with Crippen LogP contribution in [0.4, 0.5) is 5.69 Å². The molecule has 4 aliphatic carbocycles. The summed E-state index contributed by atoms with van der Waals surface area (Å²) in [4.78, 5) is 28.0. The van der Waals surface area contributed by atoms with E-state index in [4.69, 9.17) is 4.74 Å². The molecule has 31 heavy (non-hydrogen) atoms. The summed E-state index contributed by atoms with van der Waals surface area (Å²) in [6.07, 6.45) is 5.60. The number of allylic oxidation sites excluding steroid dienone is 2. The minimum atomic E-state index is -0.164. The first kappa shape index (κ1) is 18.9. The van der Waals surface area contributed by atoms with Crippen LogP contribution in [0, 0.1) is 42.4 Å². The van der Waals surface area contributed by atoms with Crippen molar-refractivity contribution in [1.29, 1.82) is 0 Å². The minimum absolute atomic E-state index is 0.0193. The average molecular weight is 414 g/mol. The van der Waals surface area contributed by atoms with Gasteiger partial charge in [-0.15, -0.1) is 0 Å². The Morgan fingerprint density at radius 2 is 1.52 bits per heavy atom. The molecule has 6 atom stereocenters. The Balaban J connectivity index is 1.26. The second-order valence-corrected chi connectivity index (χ2v) is 9.96. The maximum Gasteiger partial charge on any atom is 0.238 e. The maximum atomic E-state index is 13.3. The van der Waals surface area contributed by atoms with E-state index in [1.165, 1.54) is 11.3 Å². The summed E-state index contributed by atoms with van der Waals surface area (Å²) in [5.74, 6) is 3.28. The lowest BCUT2D eigenvalue weighted by Gasteiger charge is -2.37. The van der Waals surface area contributed by atoms with Gasteiger partial charge in [0.05, 0.1) is 17.5 Å². The Morgan fingerprint density at radius 3 is 2.10 bits per heavy atom. The summed E-state index contributed by atoms with van der Waals surface area (Å²) in [5.41, 5.74) is 2.96. The van der Waals surface area contributed by atoms with Gasteiger partial charge < -0.3 is 4.74 Å². The van der Waals surface area contributed by atoms with Crippen LogP contribution >= 0.6 is 0 Å². The van der Waals surface area contributed by atoms with Gasteiger partial charge in [0, 0.05) is 0 Å². The van der Waals surface area contributed by atoms with Gasteiger partial charge in [0.1, 0.15) is 11.5 Å². The first-order chi connectivity index (χ1) is 14.9. The highest BCUT2D eigenvalue weighted by molar-refractivity contribution is 6.22. The van der Waals surface area contributed by atoms with Crippen LogP contribution in [0.3, 0.4) is 0 Å². The van der Waals surface area contributed by atoms with Crippen molar-refractivity contribution in [3.05, 3.63) is 65.7 Å². The van der Waals surface area contributed by atoms with E-state index in [1.807, 2.05) is 24.3 Å². The van der Waals surface area contributed by atoms with E-state index in [2.05, 4.69) is 51.1 Å². The van der Waals surface area contributed by atoms with Crippen LogP contribution in [0.15, 0.2) is 54.6 Å². The van der Waals surface area contributed by atoms with Crippen LogP contribution in [0.1, 0.15) is 37.3 Å². The van der Waals surface area contributed by atoms with Crippen molar-refractivity contribution in [3.8, 4) is 11.5 Å². The predicted octanol–water partition coefficient (Wildman–Crippen LogP) is 5.47. The van der Waals surface area contributed by atoms with Crippen molar-refractivity contribution in [1.82, 2.24) is 0 Å². The molecule has 1 aliphatic heterocycles. The van der Waals surface area contributed by atoms with Crippen LogP contribution in [0.2, 0.25) is 0 Å². The van der Waals surface area contributed by atoms with Crippen molar-refractivity contribution in [3.63, 3.8) is 0 Å². The van der Waals surface area contributed by atoms with Gasteiger partial charge in [0.2, 0.25) is 11.8 Å². The zero-order chi connectivity index (χ0) is 21.4. The lowest BCUT2D eigenvalue weighted by molar-refractivity contribution is -0.124. The largest absolute Gasteiger partial charge is 0.457 e. The third-order valence-electron chi connectivity index (χ3n) is 7.78. The molecule has 158 valence electrons. The number of amides is 2. The number of hydrogen-bond acceptors (Lipinski definition) is 3. The summed E-state index contributed by atoms with van der Waals surface area (Å²) in [6.45, 7) is 6.35. The molecule has 0 aromatic heterocycles. The Bertz CT molecular complexity index is 1080. The number of ether oxygens (including phenoxy) is 1. The van der Waals surface area contributed by atoms with E-state index in [-0.39, 0.29) is 35.5 Å². The molecule has 2 saturated carbocycles. The Hall–Kier alpha value is -2.88. The van der Waals surface area contributed by atoms with E-state index in [9.17, 15) is 9.59 Å². The number of rotatable bonds is 4. The summed E-state index contributed by atoms with van der Waals surface area (Å²) in [5, 5.41) is 0. The van der Waals surface area contributed by atoms with Crippen molar-refractivity contribution in [2.45, 2.75) is 33.1 Å². The van der Waals surface area contributed by atoms with E-state index in [0.717, 1.165) is 16.9 Å². The molecule has 5 aliphatic rings. The van der Waals surface area contributed by atoms with Gasteiger partial charge in [-0.25, -0.2) is 0 Å². The number of carbonyl (C=O) groups excluding carboxylic acids is 2. The zero-order valence-corrected chi connectivity index (χ0v) is 18.1. The number of nitrogens with zero attached hydrogens (tertiary/aromatic N) is 1. The molecule has 0 spiro atoms. The fourth-order valence-corrected chi connectivity index (χ4v) is 6.21. The van der Waals surface area contributed by atoms with Crippen molar-refractivity contribution in [2.24, 2.45) is 35.5 Å². The van der Waals surface area contributed by atoms with Crippen molar-refractivity contribution in [2.75, 3.05) is 4.90 Å². The molecular weight excluding hydrogens is 386 g/mol. The van der Waals surface area contributed by atoms with Gasteiger partial charge in [-0.2, -0.15) is 0 Å². The number of imide groups is 1. The smallest absolute Gasteiger partial charge is 0.238 e. The quantitative estimate of drug-likeness (QED) is 0.493. The van der Waals surface area contributed by atoms with Crippen molar-refractivity contribution >= 4 is 17.5 Å². The fraction of sp³-hybridized carbons (Fsp3) is 0.407. The molecule has 2 aromatic carbocycles. The lowest BCUT2D eigenvalue weighted by Crippen LogP contribution is -2.40. The normalized spacial score (nSPS) is 32.5. The Labute approximate surface area is 182 Å². The second-order valence-electron chi connectivity index (χ2n) is 9.96. The lowest BCUT2D eigenvalue weighted by atomic mass is 9.63. The third-order valence-corrected chi connectivity index (χ3v) is 7.78. The van der Waals surface area contributed by atoms with Crippen LogP contribution in [-0.4, -0.2) is 11.8 Å². The molecule has 0 radical (unpaired) electrons. The van der Waals surface area contributed by atoms with E-state index < -0.39 is 0 Å². The highest BCUT2D eigenvalue weighted by atomic mass is 16.5. The number of hydrogen-bond donors (Lipinski definition) is 0. The Kier molecular flexibility index (Phi) is 3.99. The average Bonchev–Trinajstić information content (AvgIpc) is 3.52. The number of benzene rings is 2. The molecule has 2 bridgehead atoms. The molecule has 2 amide bonds. The number of aryl methyl sites for hydroxylation is 1. The molecule has 0 N–H and O–H groups in total. The molecule has 0 unspecified atom stereocenters. The van der Waals surface area contributed by atoms with Gasteiger partial charge in [-0.3, -0.25) is 14.5 Å². The minimum Gasteiger partial charge on any atom is -0.457 e. The maximum absolute atomic E-state index is 13.3. The van der Waals surface area contributed by atoms with Gasteiger partial charge >= 0.3 is 0 Å². The number of anilines is 1. The molecule has 1 saturated heterocycles. The molecule has 1 heterocycles. The first-order valence-electron chi connectivity index (χ1n) is 11.4. The topological polar surface area (TPSA) is 46.6 Å². The monoisotopic (exact) mass is 413 g/mol. The van der Waals surface area contributed by atoms with Crippen molar-refractivity contribution < 1.29 is 14.3 Å². The predicted molar refractivity (Wildman–Crippen MR) is 119 cm³/mol. The molecule has 3 fully saturated rings.